The zero-order chi connectivity index (χ0) is 14.5. The molecule has 6 N–H and O–H groups in total. The third-order valence-corrected chi connectivity index (χ3v) is 1.65. The van der Waals surface area contributed by atoms with E-state index in [4.69, 9.17) is 17.2 Å². The second-order valence-electron chi connectivity index (χ2n) is 3.54. The Balaban J connectivity index is 4.42. The maximum absolute atomic E-state index is 11.2. The van der Waals surface area contributed by atoms with Crippen molar-refractivity contribution in [1.29, 1.82) is 0 Å². The molecule has 2 atom stereocenters. The first-order chi connectivity index (χ1) is 8.16. The van der Waals surface area contributed by atoms with Crippen LogP contribution in [0.2, 0.25) is 0 Å². The second kappa shape index (κ2) is 6.79. The minimum atomic E-state index is -1.92. The normalized spacial score (nSPS) is 13.7. The van der Waals surface area contributed by atoms with Crippen molar-refractivity contribution in [3.8, 4) is 0 Å². The Morgan fingerprint density at radius 3 is 1.22 bits per heavy atom. The average molecular weight is 261 g/mol. The maximum Gasteiger partial charge on any atom is 0.342 e. The number of esters is 4. The summed E-state index contributed by atoms with van der Waals surface area (Å²) in [6.45, 7) is 2.55. The Kier molecular flexibility index (Phi) is 6.09. The van der Waals surface area contributed by atoms with Gasteiger partial charge in [0, 0.05) is 0 Å². The molecule has 0 amide bonds. The predicted octanol–water partition coefficient (Wildman–Crippen LogP) is -2.85. The molecule has 0 spiro atoms. The first-order valence-electron chi connectivity index (χ1n) is 4.94. The van der Waals surface area contributed by atoms with Gasteiger partial charge in [0.1, 0.15) is 12.1 Å². The highest BCUT2D eigenvalue weighted by Gasteiger charge is 2.30. The molecule has 0 aromatic rings. The van der Waals surface area contributed by atoms with Crippen LogP contribution in [0.4, 0.5) is 0 Å². The number of hydrogen-bond donors (Lipinski definition) is 3. The molecule has 0 saturated heterocycles. The van der Waals surface area contributed by atoms with Crippen molar-refractivity contribution < 1.29 is 28.7 Å². The molecule has 0 radical (unpaired) electrons. The molecule has 0 aliphatic rings. The van der Waals surface area contributed by atoms with E-state index in [1.165, 1.54) is 13.8 Å². The van der Waals surface area contributed by atoms with E-state index in [9.17, 15) is 19.2 Å². The summed E-state index contributed by atoms with van der Waals surface area (Å²) < 4.78 is 8.33. The molecule has 0 unspecified atom stereocenters. The van der Waals surface area contributed by atoms with Crippen molar-refractivity contribution in [2.75, 3.05) is 0 Å². The SMILES string of the molecule is C[C@@H](N)C(=O)OC(=O)C(N)C(=O)OC(=O)[C@@H](C)N. The lowest BCUT2D eigenvalue weighted by atomic mass is 10.3. The van der Waals surface area contributed by atoms with Crippen molar-refractivity contribution in [3.05, 3.63) is 0 Å². The van der Waals surface area contributed by atoms with Gasteiger partial charge in [0.2, 0.25) is 6.04 Å². The lowest BCUT2D eigenvalue weighted by Crippen LogP contribution is -2.45. The molecule has 0 aromatic carbocycles. The zero-order valence-electron chi connectivity index (χ0n) is 9.91. The van der Waals surface area contributed by atoms with Gasteiger partial charge in [-0.3, -0.25) is 0 Å². The summed E-state index contributed by atoms with van der Waals surface area (Å²) in [7, 11) is 0. The van der Waals surface area contributed by atoms with Crippen LogP contribution in [-0.2, 0) is 28.7 Å². The van der Waals surface area contributed by atoms with E-state index in [2.05, 4.69) is 9.47 Å². The van der Waals surface area contributed by atoms with Gasteiger partial charge in [-0.1, -0.05) is 0 Å². The van der Waals surface area contributed by atoms with Crippen LogP contribution < -0.4 is 17.2 Å². The van der Waals surface area contributed by atoms with Gasteiger partial charge in [0.15, 0.2) is 0 Å². The number of carbonyl (C=O) groups is 4. The smallest absolute Gasteiger partial charge is 0.342 e. The average Bonchev–Trinajstić information content (AvgIpc) is 2.27. The monoisotopic (exact) mass is 261 g/mol. The Morgan fingerprint density at radius 1 is 0.722 bits per heavy atom. The lowest BCUT2D eigenvalue weighted by Gasteiger charge is -2.11. The Bertz CT molecular complexity index is 331. The topological polar surface area (TPSA) is 165 Å². The molecular formula is C9H15N3O6. The van der Waals surface area contributed by atoms with Crippen molar-refractivity contribution in [2.45, 2.75) is 32.0 Å². The lowest BCUT2D eigenvalue weighted by molar-refractivity contribution is -0.168. The summed E-state index contributed by atoms with van der Waals surface area (Å²) in [6, 6.07) is -4.03. The first-order valence-corrected chi connectivity index (χ1v) is 4.94. The predicted molar refractivity (Wildman–Crippen MR) is 57.5 cm³/mol. The van der Waals surface area contributed by atoms with E-state index in [0.29, 0.717) is 0 Å². The van der Waals surface area contributed by atoms with E-state index in [1.807, 2.05) is 0 Å². The van der Waals surface area contributed by atoms with Crippen LogP contribution in [0, 0.1) is 0 Å². The van der Waals surface area contributed by atoms with Crippen molar-refractivity contribution in [3.63, 3.8) is 0 Å². The third-order valence-electron chi connectivity index (χ3n) is 1.65. The van der Waals surface area contributed by atoms with Gasteiger partial charge in [-0.25, -0.2) is 19.2 Å². The van der Waals surface area contributed by atoms with Crippen molar-refractivity contribution in [1.82, 2.24) is 0 Å². The molecule has 102 valence electrons. The van der Waals surface area contributed by atoms with Gasteiger partial charge in [0.25, 0.3) is 0 Å². The summed E-state index contributed by atoms with van der Waals surface area (Å²) in [5.74, 6) is -4.83. The fourth-order valence-electron chi connectivity index (χ4n) is 0.607. The standard InChI is InChI=1S/C9H15N3O6/c1-3(10)6(13)17-8(15)5(12)9(16)18-7(14)4(2)11/h3-5H,10-12H2,1-2H3/t3-,4-/m1/s1. The third kappa shape index (κ3) is 4.99. The molecule has 18 heavy (non-hydrogen) atoms. The Morgan fingerprint density at radius 2 is 1.00 bits per heavy atom. The van der Waals surface area contributed by atoms with E-state index in [-0.39, 0.29) is 0 Å². The fraction of sp³-hybridized carbons (Fsp3) is 0.556. The maximum atomic E-state index is 11.2. The van der Waals surface area contributed by atoms with Gasteiger partial charge in [-0.2, -0.15) is 0 Å². The second-order valence-corrected chi connectivity index (χ2v) is 3.54. The number of rotatable bonds is 4. The molecule has 0 aliphatic heterocycles. The molecule has 0 rings (SSSR count). The van der Waals surface area contributed by atoms with Crippen LogP contribution in [0.15, 0.2) is 0 Å². The van der Waals surface area contributed by atoms with E-state index in [1.54, 1.807) is 0 Å². The van der Waals surface area contributed by atoms with Crippen LogP contribution >= 0.6 is 0 Å². The molecule has 9 nitrogen and oxygen atoms in total. The highest BCUT2D eigenvalue weighted by atomic mass is 16.6. The summed E-state index contributed by atoms with van der Waals surface area (Å²) in [4.78, 5) is 44.3. The number of hydrogen-bond acceptors (Lipinski definition) is 9. The molecule has 0 fully saturated rings. The molecule has 0 bridgehead atoms. The number of ether oxygens (including phenoxy) is 2. The van der Waals surface area contributed by atoms with Crippen LogP contribution in [0.25, 0.3) is 0 Å². The number of nitrogens with two attached hydrogens (primary N) is 3. The van der Waals surface area contributed by atoms with Crippen LogP contribution in [0.5, 0.6) is 0 Å². The van der Waals surface area contributed by atoms with Gasteiger partial charge < -0.3 is 26.7 Å². The van der Waals surface area contributed by atoms with Crippen LogP contribution in [-0.4, -0.2) is 42.0 Å². The number of carbonyl (C=O) groups excluding carboxylic acids is 4. The van der Waals surface area contributed by atoms with Gasteiger partial charge >= 0.3 is 23.9 Å². The molecule has 0 aliphatic carbocycles. The largest absolute Gasteiger partial charge is 0.390 e. The van der Waals surface area contributed by atoms with E-state index in [0.717, 1.165) is 0 Å². The van der Waals surface area contributed by atoms with Gasteiger partial charge in [-0.15, -0.1) is 0 Å². The minimum Gasteiger partial charge on any atom is -0.390 e. The molecule has 0 saturated carbocycles. The first kappa shape index (κ1) is 16.2. The zero-order valence-corrected chi connectivity index (χ0v) is 9.91. The summed E-state index contributed by atoms with van der Waals surface area (Å²) in [5.41, 5.74) is 15.4. The van der Waals surface area contributed by atoms with Crippen LogP contribution in [0.3, 0.4) is 0 Å². The Labute approximate surface area is 103 Å². The van der Waals surface area contributed by atoms with E-state index >= 15 is 0 Å². The quantitative estimate of drug-likeness (QED) is 0.356. The molecule has 0 heterocycles. The summed E-state index contributed by atoms with van der Waals surface area (Å²) in [6.07, 6.45) is 0. The molecule has 9 heteroatoms. The molecule has 0 aromatic heterocycles. The van der Waals surface area contributed by atoms with Gasteiger partial charge in [-0.05, 0) is 13.8 Å². The Hall–Kier alpha value is -1.84. The fourth-order valence-corrected chi connectivity index (χ4v) is 0.607. The minimum absolute atomic E-state index is 1.05. The van der Waals surface area contributed by atoms with Gasteiger partial charge in [0.05, 0.1) is 0 Å². The highest BCUT2D eigenvalue weighted by Crippen LogP contribution is 1.95. The van der Waals surface area contributed by atoms with E-state index < -0.39 is 42.0 Å². The van der Waals surface area contributed by atoms with Crippen molar-refractivity contribution in [2.24, 2.45) is 17.2 Å². The van der Waals surface area contributed by atoms with Crippen molar-refractivity contribution >= 4 is 23.9 Å². The highest BCUT2D eigenvalue weighted by molar-refractivity contribution is 6.05. The summed E-state index contributed by atoms with van der Waals surface area (Å²) in [5, 5.41) is 0. The molecular weight excluding hydrogens is 246 g/mol. The summed E-state index contributed by atoms with van der Waals surface area (Å²) >= 11 is 0. The van der Waals surface area contributed by atoms with Crippen LogP contribution in [0.1, 0.15) is 13.8 Å².